The SMILES string of the molecule is C1CSC([C]2CSN=N2)=N1. The maximum absolute atomic E-state index is 4.29. The van der Waals surface area contributed by atoms with Gasteiger partial charge in [-0.1, -0.05) is 0 Å². The highest BCUT2D eigenvalue weighted by atomic mass is 32.2. The van der Waals surface area contributed by atoms with Crippen molar-refractivity contribution in [3.8, 4) is 0 Å². The van der Waals surface area contributed by atoms with Gasteiger partial charge in [-0.3, -0.25) is 4.99 Å². The van der Waals surface area contributed by atoms with Crippen LogP contribution in [0.15, 0.2) is 14.6 Å². The molecule has 2 rings (SSSR count). The van der Waals surface area contributed by atoms with Crippen LogP contribution in [0.1, 0.15) is 0 Å². The summed E-state index contributed by atoms with van der Waals surface area (Å²) in [6, 6.07) is 1.06. The Balaban J connectivity index is 2.04. The van der Waals surface area contributed by atoms with Crippen LogP contribution in [-0.4, -0.2) is 23.1 Å². The van der Waals surface area contributed by atoms with Crippen molar-refractivity contribution in [3.05, 3.63) is 6.04 Å². The Labute approximate surface area is 67.9 Å². The van der Waals surface area contributed by atoms with Crippen molar-refractivity contribution >= 4 is 28.8 Å². The highest BCUT2D eigenvalue weighted by molar-refractivity contribution is 8.14. The number of aliphatic imine (C=N–C) groups is 1. The van der Waals surface area contributed by atoms with Gasteiger partial charge in [0.05, 0.1) is 5.75 Å². The van der Waals surface area contributed by atoms with Gasteiger partial charge in [0, 0.05) is 24.2 Å². The van der Waals surface area contributed by atoms with Gasteiger partial charge in [-0.2, -0.15) is 5.11 Å². The first-order valence-corrected chi connectivity index (χ1v) is 4.96. The van der Waals surface area contributed by atoms with Gasteiger partial charge in [0.15, 0.2) is 6.04 Å². The number of hydrogen-bond acceptors (Lipinski definition) is 5. The van der Waals surface area contributed by atoms with E-state index in [0.717, 1.165) is 29.1 Å². The summed E-state index contributed by atoms with van der Waals surface area (Å²) in [7, 11) is 0. The molecule has 0 N–H and O–H groups in total. The highest BCUT2D eigenvalue weighted by Gasteiger charge is 2.23. The lowest BCUT2D eigenvalue weighted by Crippen LogP contribution is -2.02. The average Bonchev–Trinajstić information content (AvgIpc) is 2.59. The van der Waals surface area contributed by atoms with Crippen molar-refractivity contribution in [2.45, 2.75) is 0 Å². The summed E-state index contributed by atoms with van der Waals surface area (Å²) in [4.78, 5) is 4.29. The van der Waals surface area contributed by atoms with Crippen LogP contribution in [0.4, 0.5) is 0 Å². The van der Waals surface area contributed by atoms with Gasteiger partial charge in [-0.05, 0) is 0 Å². The van der Waals surface area contributed by atoms with E-state index in [1.165, 1.54) is 11.9 Å². The molecule has 0 unspecified atom stereocenters. The van der Waals surface area contributed by atoms with E-state index in [4.69, 9.17) is 0 Å². The summed E-state index contributed by atoms with van der Waals surface area (Å²) in [6.07, 6.45) is 0. The zero-order valence-electron chi connectivity index (χ0n) is 5.28. The topological polar surface area (TPSA) is 37.1 Å². The van der Waals surface area contributed by atoms with E-state index in [2.05, 4.69) is 14.6 Å². The summed E-state index contributed by atoms with van der Waals surface area (Å²) in [5.41, 5.74) is 0. The third-order valence-corrected chi connectivity index (χ3v) is 2.88. The normalized spacial score (nSPS) is 25.8. The van der Waals surface area contributed by atoms with E-state index in [9.17, 15) is 0 Å². The largest absolute Gasteiger partial charge is 0.279 e. The van der Waals surface area contributed by atoms with Crippen LogP contribution >= 0.6 is 23.7 Å². The van der Waals surface area contributed by atoms with Crippen LogP contribution in [0.2, 0.25) is 0 Å². The maximum atomic E-state index is 4.29. The second kappa shape index (κ2) is 2.92. The first kappa shape index (κ1) is 6.67. The van der Waals surface area contributed by atoms with E-state index in [-0.39, 0.29) is 0 Å². The van der Waals surface area contributed by atoms with Crippen molar-refractivity contribution in [1.82, 2.24) is 0 Å². The lowest BCUT2D eigenvalue weighted by atomic mass is 10.4. The van der Waals surface area contributed by atoms with Crippen LogP contribution in [0.5, 0.6) is 0 Å². The monoisotopic (exact) mass is 172 g/mol. The Kier molecular flexibility index (Phi) is 1.95. The molecule has 2 heterocycles. The Morgan fingerprint density at radius 3 is 3.00 bits per heavy atom. The molecular weight excluding hydrogens is 166 g/mol. The molecule has 0 amide bonds. The number of nitrogens with zero attached hydrogens (tertiary/aromatic N) is 3. The molecule has 2 aliphatic rings. The molecule has 0 aromatic rings. The Morgan fingerprint density at radius 2 is 2.40 bits per heavy atom. The molecular formula is C5H6N3S2. The molecule has 10 heavy (non-hydrogen) atoms. The Bertz CT molecular complexity index is 189. The quantitative estimate of drug-likeness (QED) is 0.565. The second-order valence-electron chi connectivity index (χ2n) is 1.94. The molecule has 3 nitrogen and oxygen atoms in total. The molecule has 53 valence electrons. The highest BCUT2D eigenvalue weighted by Crippen LogP contribution is 2.30. The van der Waals surface area contributed by atoms with Gasteiger partial charge < -0.3 is 0 Å². The van der Waals surface area contributed by atoms with Crippen LogP contribution in [0, 0.1) is 6.04 Å². The third-order valence-electron chi connectivity index (χ3n) is 1.25. The van der Waals surface area contributed by atoms with Crippen molar-refractivity contribution in [2.75, 3.05) is 18.1 Å². The molecule has 0 aliphatic carbocycles. The summed E-state index contributed by atoms with van der Waals surface area (Å²) in [5, 5.41) is 5.08. The fourth-order valence-corrected chi connectivity index (χ4v) is 2.27. The van der Waals surface area contributed by atoms with E-state index >= 15 is 0 Å². The molecule has 0 bridgehead atoms. The third kappa shape index (κ3) is 1.20. The second-order valence-corrected chi connectivity index (χ2v) is 3.73. The molecule has 0 spiro atoms. The molecule has 5 heteroatoms. The van der Waals surface area contributed by atoms with Gasteiger partial charge in [0.25, 0.3) is 0 Å². The lowest BCUT2D eigenvalue weighted by molar-refractivity contribution is 1.12. The lowest BCUT2D eigenvalue weighted by Gasteiger charge is -1.98. The fraction of sp³-hybridized carbons (Fsp3) is 0.600. The molecule has 0 fully saturated rings. The van der Waals surface area contributed by atoms with E-state index in [0.29, 0.717) is 0 Å². The van der Waals surface area contributed by atoms with E-state index in [1.54, 1.807) is 11.8 Å². The fourth-order valence-electron chi connectivity index (χ4n) is 0.811. The first-order valence-electron chi connectivity index (χ1n) is 3.03. The smallest absolute Gasteiger partial charge is 0.174 e. The van der Waals surface area contributed by atoms with Gasteiger partial charge in [-0.25, -0.2) is 0 Å². The minimum atomic E-state index is 0.909. The minimum absolute atomic E-state index is 0.909. The van der Waals surface area contributed by atoms with Crippen LogP contribution in [-0.2, 0) is 0 Å². The standard InChI is InChI=1S/C5H6N3S2/c1-2-9-5(6-1)4-3-10-8-7-4/h1-3H2. The van der Waals surface area contributed by atoms with Crippen LogP contribution in [0.25, 0.3) is 0 Å². The summed E-state index contributed by atoms with van der Waals surface area (Å²) < 4.78 is 3.82. The maximum Gasteiger partial charge on any atom is 0.174 e. The summed E-state index contributed by atoms with van der Waals surface area (Å²) in [5.74, 6) is 2.02. The van der Waals surface area contributed by atoms with Crippen LogP contribution in [0.3, 0.4) is 0 Å². The number of hydrogen-bond donors (Lipinski definition) is 0. The molecule has 1 radical (unpaired) electrons. The molecule has 0 atom stereocenters. The number of thioether (sulfide) groups is 1. The molecule has 2 aliphatic heterocycles. The van der Waals surface area contributed by atoms with Crippen molar-refractivity contribution < 1.29 is 0 Å². The van der Waals surface area contributed by atoms with Crippen molar-refractivity contribution in [1.29, 1.82) is 0 Å². The van der Waals surface area contributed by atoms with Gasteiger partial charge in [0.2, 0.25) is 0 Å². The zero-order valence-corrected chi connectivity index (χ0v) is 6.91. The van der Waals surface area contributed by atoms with Gasteiger partial charge in [-0.15, -0.1) is 16.3 Å². The molecule has 0 aromatic heterocycles. The van der Waals surface area contributed by atoms with Gasteiger partial charge >= 0.3 is 0 Å². The van der Waals surface area contributed by atoms with Crippen LogP contribution < -0.4 is 0 Å². The molecule has 0 saturated heterocycles. The molecule has 0 saturated carbocycles. The minimum Gasteiger partial charge on any atom is -0.279 e. The Morgan fingerprint density at radius 1 is 1.40 bits per heavy atom. The van der Waals surface area contributed by atoms with E-state index in [1.807, 2.05) is 0 Å². The predicted molar refractivity (Wildman–Crippen MR) is 45.3 cm³/mol. The van der Waals surface area contributed by atoms with Crippen molar-refractivity contribution in [2.24, 2.45) is 14.6 Å². The molecule has 0 aromatic carbocycles. The summed E-state index contributed by atoms with van der Waals surface area (Å²) in [6.45, 7) is 0.948. The van der Waals surface area contributed by atoms with Gasteiger partial charge in [0.1, 0.15) is 5.04 Å². The first-order chi connectivity index (χ1) is 4.97. The van der Waals surface area contributed by atoms with E-state index < -0.39 is 0 Å². The van der Waals surface area contributed by atoms with Crippen molar-refractivity contribution in [3.63, 3.8) is 0 Å². The zero-order chi connectivity index (χ0) is 6.81. The Hall–Kier alpha value is -0.0300. The number of rotatable bonds is 1. The predicted octanol–water partition coefficient (Wildman–Crippen LogP) is 1.78. The summed E-state index contributed by atoms with van der Waals surface area (Å²) >= 11 is 3.28. The average molecular weight is 172 g/mol.